The van der Waals surface area contributed by atoms with Crippen molar-refractivity contribution in [2.75, 3.05) is 5.32 Å². The van der Waals surface area contributed by atoms with Gasteiger partial charge in [-0.2, -0.15) is 0 Å². The Hall–Kier alpha value is -4.61. The van der Waals surface area contributed by atoms with Crippen molar-refractivity contribution in [2.24, 2.45) is 16.0 Å². The smallest absolute Gasteiger partial charge is 0.353 e. The highest BCUT2D eigenvalue weighted by Crippen LogP contribution is 2.37. The summed E-state index contributed by atoms with van der Waals surface area (Å²) < 4.78 is 0. The van der Waals surface area contributed by atoms with E-state index in [0.717, 1.165) is 6.07 Å². The molecule has 0 aliphatic rings. The molecule has 0 unspecified atom stereocenters. The van der Waals surface area contributed by atoms with Crippen molar-refractivity contribution in [3.63, 3.8) is 0 Å². The lowest BCUT2D eigenvalue weighted by atomic mass is 10.2. The summed E-state index contributed by atoms with van der Waals surface area (Å²) in [7, 11) is 0. The number of H-pyrrole nitrogens is 1. The zero-order valence-electron chi connectivity index (χ0n) is 14.4. The summed E-state index contributed by atoms with van der Waals surface area (Å²) in [5.41, 5.74) is 5.39. The van der Waals surface area contributed by atoms with Crippen LogP contribution in [0.25, 0.3) is 10.9 Å². The second kappa shape index (κ2) is 7.56. The highest BCUT2D eigenvalue weighted by atomic mass is 16.6. The van der Waals surface area contributed by atoms with Crippen LogP contribution in [0.4, 0.5) is 17.1 Å². The molecule has 0 bridgehead atoms. The Kier molecular flexibility index (Phi) is 4.99. The van der Waals surface area contributed by atoms with Crippen LogP contribution in [0.15, 0.2) is 52.7 Å². The SMILES string of the molecule is NC(=O)c1ccc(NC(=O)C(=O)N=Nc2c(O)[nH]c3ccc([N+](=O)[O-])cc23)cc1. The maximum Gasteiger partial charge on any atom is 0.353 e. The predicted octanol–water partition coefficient (Wildman–Crippen LogP) is 2.13. The van der Waals surface area contributed by atoms with Gasteiger partial charge in [0, 0.05) is 28.8 Å². The molecule has 0 spiro atoms. The van der Waals surface area contributed by atoms with Gasteiger partial charge in [-0.05, 0) is 30.3 Å². The highest BCUT2D eigenvalue weighted by molar-refractivity contribution is 6.40. The van der Waals surface area contributed by atoms with Crippen LogP contribution in [0.2, 0.25) is 0 Å². The Labute approximate surface area is 161 Å². The zero-order chi connectivity index (χ0) is 21.1. The number of hydrogen-bond donors (Lipinski definition) is 4. The molecule has 3 rings (SSSR count). The molecule has 2 aromatic carbocycles. The number of aromatic nitrogens is 1. The van der Waals surface area contributed by atoms with Crippen molar-refractivity contribution in [1.29, 1.82) is 0 Å². The maximum absolute atomic E-state index is 11.9. The lowest BCUT2D eigenvalue weighted by Gasteiger charge is -2.02. The number of amides is 3. The van der Waals surface area contributed by atoms with E-state index in [9.17, 15) is 29.6 Å². The monoisotopic (exact) mass is 396 g/mol. The first-order valence-electron chi connectivity index (χ1n) is 7.92. The van der Waals surface area contributed by atoms with E-state index in [2.05, 4.69) is 20.5 Å². The molecule has 0 radical (unpaired) electrons. The number of nitrogens with zero attached hydrogens (tertiary/aromatic N) is 3. The lowest BCUT2D eigenvalue weighted by Crippen LogP contribution is -2.20. The van der Waals surface area contributed by atoms with Crippen LogP contribution in [0.1, 0.15) is 10.4 Å². The third-order valence-corrected chi connectivity index (χ3v) is 3.81. The van der Waals surface area contributed by atoms with Crippen molar-refractivity contribution in [2.45, 2.75) is 0 Å². The molecule has 29 heavy (non-hydrogen) atoms. The predicted molar refractivity (Wildman–Crippen MR) is 99.7 cm³/mol. The summed E-state index contributed by atoms with van der Waals surface area (Å²) in [5.74, 6) is -3.51. The molecule has 146 valence electrons. The lowest BCUT2D eigenvalue weighted by molar-refractivity contribution is -0.384. The van der Waals surface area contributed by atoms with E-state index in [-0.39, 0.29) is 28.0 Å². The summed E-state index contributed by atoms with van der Waals surface area (Å²) >= 11 is 0. The number of aromatic amines is 1. The van der Waals surface area contributed by atoms with Crippen molar-refractivity contribution < 1.29 is 24.4 Å². The molecule has 1 heterocycles. The van der Waals surface area contributed by atoms with Gasteiger partial charge in [0.25, 0.3) is 5.69 Å². The Morgan fingerprint density at radius 2 is 1.83 bits per heavy atom. The number of azo groups is 1. The molecule has 12 heteroatoms. The van der Waals surface area contributed by atoms with Gasteiger partial charge in [0.2, 0.25) is 11.8 Å². The fourth-order valence-corrected chi connectivity index (χ4v) is 2.41. The van der Waals surface area contributed by atoms with Crippen molar-refractivity contribution >= 4 is 45.7 Å². The number of aromatic hydroxyl groups is 1. The molecule has 0 fully saturated rings. The van der Waals surface area contributed by atoms with Gasteiger partial charge >= 0.3 is 11.8 Å². The van der Waals surface area contributed by atoms with Crippen molar-refractivity contribution in [3.05, 3.63) is 58.1 Å². The number of nitrogens with one attached hydrogen (secondary N) is 2. The standard InChI is InChI=1S/C17H12N6O6/c18-14(24)8-1-3-9(4-2-8)19-16(26)17(27)22-21-13-11-7-10(23(28)29)5-6-12(11)20-15(13)25/h1-7,20,25H,(H2,18,24)(H,19,26). The molecule has 0 aliphatic carbocycles. The minimum Gasteiger partial charge on any atom is -0.493 e. The third-order valence-electron chi connectivity index (χ3n) is 3.81. The number of anilines is 1. The minimum absolute atomic E-state index is 0.149. The highest BCUT2D eigenvalue weighted by Gasteiger charge is 2.17. The van der Waals surface area contributed by atoms with Gasteiger partial charge < -0.3 is 21.1 Å². The second-order valence-corrected chi connectivity index (χ2v) is 5.71. The van der Waals surface area contributed by atoms with Gasteiger partial charge in [-0.15, -0.1) is 10.2 Å². The van der Waals surface area contributed by atoms with Crippen LogP contribution in [-0.2, 0) is 9.59 Å². The van der Waals surface area contributed by atoms with Crippen molar-refractivity contribution in [1.82, 2.24) is 4.98 Å². The Morgan fingerprint density at radius 3 is 2.45 bits per heavy atom. The molecule has 1 aromatic heterocycles. The summed E-state index contributed by atoms with van der Waals surface area (Å²) in [4.78, 5) is 47.6. The van der Waals surface area contributed by atoms with Gasteiger partial charge in [-0.25, -0.2) is 0 Å². The Bertz CT molecular complexity index is 1180. The number of nitrogens with two attached hydrogens (primary N) is 1. The molecule has 0 saturated heterocycles. The number of rotatable bonds is 4. The molecular formula is C17H12N6O6. The third kappa shape index (κ3) is 4.05. The van der Waals surface area contributed by atoms with E-state index in [0.29, 0.717) is 5.52 Å². The fraction of sp³-hybridized carbons (Fsp3) is 0. The van der Waals surface area contributed by atoms with E-state index in [1.54, 1.807) is 0 Å². The first kappa shape index (κ1) is 19.2. The molecular weight excluding hydrogens is 384 g/mol. The van der Waals surface area contributed by atoms with E-state index < -0.39 is 28.5 Å². The summed E-state index contributed by atoms with van der Waals surface area (Å²) in [5, 5.41) is 30.0. The summed E-state index contributed by atoms with van der Waals surface area (Å²) in [6.07, 6.45) is 0. The first-order chi connectivity index (χ1) is 13.8. The van der Waals surface area contributed by atoms with E-state index in [1.165, 1.54) is 36.4 Å². The summed E-state index contributed by atoms with van der Waals surface area (Å²) in [6.45, 7) is 0. The van der Waals surface area contributed by atoms with Crippen LogP contribution < -0.4 is 11.1 Å². The largest absolute Gasteiger partial charge is 0.493 e. The second-order valence-electron chi connectivity index (χ2n) is 5.71. The van der Waals surface area contributed by atoms with Crippen LogP contribution in [0, 0.1) is 10.1 Å². The minimum atomic E-state index is -1.27. The first-order valence-corrected chi connectivity index (χ1v) is 7.92. The number of hydrogen-bond acceptors (Lipinski definition) is 7. The molecule has 12 nitrogen and oxygen atoms in total. The molecule has 0 atom stereocenters. The molecule has 3 aromatic rings. The average molecular weight is 396 g/mol. The van der Waals surface area contributed by atoms with Crippen LogP contribution >= 0.6 is 0 Å². The van der Waals surface area contributed by atoms with Crippen LogP contribution in [0.5, 0.6) is 5.88 Å². The maximum atomic E-state index is 11.9. The number of carbonyl (C=O) groups is 3. The van der Waals surface area contributed by atoms with E-state index in [4.69, 9.17) is 5.73 Å². The molecule has 0 aliphatic heterocycles. The zero-order valence-corrected chi connectivity index (χ0v) is 14.4. The number of benzene rings is 2. The van der Waals surface area contributed by atoms with Gasteiger partial charge in [0.15, 0.2) is 5.69 Å². The normalized spacial score (nSPS) is 10.9. The number of nitro benzene ring substituents is 1. The van der Waals surface area contributed by atoms with Crippen LogP contribution in [-0.4, -0.2) is 32.7 Å². The molecule has 5 N–H and O–H groups in total. The van der Waals surface area contributed by atoms with Gasteiger partial charge in [0.05, 0.1) is 10.4 Å². The number of fused-ring (bicyclic) bond motifs is 1. The molecule has 3 amide bonds. The van der Waals surface area contributed by atoms with Gasteiger partial charge in [-0.1, -0.05) is 0 Å². The van der Waals surface area contributed by atoms with Gasteiger partial charge in [-0.3, -0.25) is 24.5 Å². The topological polar surface area (TPSA) is 193 Å². The Morgan fingerprint density at radius 1 is 1.14 bits per heavy atom. The van der Waals surface area contributed by atoms with Gasteiger partial charge in [0.1, 0.15) is 0 Å². The quantitative estimate of drug-likeness (QED) is 0.226. The number of carbonyl (C=O) groups excluding carboxylic acids is 3. The van der Waals surface area contributed by atoms with Crippen LogP contribution in [0.3, 0.4) is 0 Å². The number of non-ortho nitro benzene ring substituents is 1. The number of nitro groups is 1. The van der Waals surface area contributed by atoms with Crippen molar-refractivity contribution in [3.8, 4) is 5.88 Å². The van der Waals surface area contributed by atoms with E-state index >= 15 is 0 Å². The average Bonchev–Trinajstić information content (AvgIpc) is 3.00. The molecule has 0 saturated carbocycles. The number of primary amides is 1. The Balaban J connectivity index is 1.78. The van der Waals surface area contributed by atoms with E-state index in [1.807, 2.05) is 0 Å². The summed E-state index contributed by atoms with van der Waals surface area (Å²) in [6, 6.07) is 9.18. The fourth-order valence-electron chi connectivity index (χ4n) is 2.41.